The Labute approximate surface area is 101 Å². The monoisotopic (exact) mass is 237 g/mol. The third-order valence-corrected chi connectivity index (χ3v) is 2.59. The van der Waals surface area contributed by atoms with Crippen LogP contribution in [0, 0.1) is 5.92 Å². The molecular formula is C12H19N3O2. The second-order valence-corrected chi connectivity index (χ2v) is 4.31. The Kier molecular flexibility index (Phi) is 4.90. The summed E-state index contributed by atoms with van der Waals surface area (Å²) >= 11 is 0. The van der Waals surface area contributed by atoms with Crippen LogP contribution in [0.4, 0.5) is 0 Å². The van der Waals surface area contributed by atoms with E-state index < -0.39 is 0 Å². The van der Waals surface area contributed by atoms with Crippen LogP contribution in [0.25, 0.3) is 0 Å². The van der Waals surface area contributed by atoms with Crippen molar-refractivity contribution in [1.29, 1.82) is 0 Å². The first-order valence-electron chi connectivity index (χ1n) is 5.70. The molecule has 0 saturated carbocycles. The van der Waals surface area contributed by atoms with Gasteiger partial charge in [-0.05, 0) is 12.0 Å². The first kappa shape index (κ1) is 13.4. The minimum Gasteiger partial charge on any atom is -0.368 e. The van der Waals surface area contributed by atoms with Crippen molar-refractivity contribution in [2.45, 2.75) is 26.4 Å². The lowest BCUT2D eigenvalue weighted by molar-refractivity contribution is -0.121. The Morgan fingerprint density at radius 3 is 2.71 bits per heavy atom. The van der Waals surface area contributed by atoms with Gasteiger partial charge in [-0.3, -0.25) is 9.59 Å². The zero-order valence-corrected chi connectivity index (χ0v) is 10.2. The van der Waals surface area contributed by atoms with Crippen molar-refractivity contribution in [3.63, 3.8) is 0 Å². The Morgan fingerprint density at radius 2 is 2.18 bits per heavy atom. The van der Waals surface area contributed by atoms with Crippen LogP contribution < -0.4 is 16.6 Å². The lowest BCUT2D eigenvalue weighted by Gasteiger charge is -2.19. The van der Waals surface area contributed by atoms with Crippen LogP contribution in [0.1, 0.15) is 13.8 Å². The molecular weight excluding hydrogens is 218 g/mol. The maximum atomic E-state index is 11.4. The summed E-state index contributed by atoms with van der Waals surface area (Å²) in [5.74, 6) is -0.222. The quantitative estimate of drug-likeness (QED) is 0.728. The molecule has 0 aliphatic rings. The predicted octanol–water partition coefficient (Wildman–Crippen LogP) is -0.0522. The molecule has 5 nitrogen and oxygen atoms in total. The van der Waals surface area contributed by atoms with Gasteiger partial charge in [-0.2, -0.15) is 0 Å². The second kappa shape index (κ2) is 6.20. The molecule has 1 atom stereocenters. The van der Waals surface area contributed by atoms with Gasteiger partial charge in [0.15, 0.2) is 0 Å². The van der Waals surface area contributed by atoms with Gasteiger partial charge < -0.3 is 15.6 Å². The molecule has 0 aliphatic heterocycles. The topological polar surface area (TPSA) is 77.1 Å². The van der Waals surface area contributed by atoms with E-state index in [1.54, 1.807) is 22.9 Å². The van der Waals surface area contributed by atoms with Crippen molar-refractivity contribution >= 4 is 5.91 Å². The van der Waals surface area contributed by atoms with E-state index in [0.29, 0.717) is 13.1 Å². The highest BCUT2D eigenvalue weighted by molar-refractivity contribution is 5.80. The summed E-state index contributed by atoms with van der Waals surface area (Å²) in [6.45, 7) is 4.92. The van der Waals surface area contributed by atoms with Gasteiger partial charge in [0.25, 0.3) is 5.56 Å². The van der Waals surface area contributed by atoms with Crippen LogP contribution in [-0.4, -0.2) is 23.1 Å². The second-order valence-electron chi connectivity index (χ2n) is 4.31. The van der Waals surface area contributed by atoms with E-state index in [1.165, 1.54) is 6.07 Å². The molecule has 0 fully saturated rings. The van der Waals surface area contributed by atoms with Crippen LogP contribution >= 0.6 is 0 Å². The fraction of sp³-hybridized carbons (Fsp3) is 0.500. The molecule has 1 aromatic heterocycles. The number of rotatable bonds is 6. The minimum atomic E-state index is -0.361. The van der Waals surface area contributed by atoms with Gasteiger partial charge in [0, 0.05) is 25.4 Å². The van der Waals surface area contributed by atoms with Gasteiger partial charge in [-0.15, -0.1) is 0 Å². The highest BCUT2D eigenvalue weighted by atomic mass is 16.1. The van der Waals surface area contributed by atoms with Crippen LogP contribution in [0.3, 0.4) is 0 Å². The van der Waals surface area contributed by atoms with Gasteiger partial charge in [-0.25, -0.2) is 0 Å². The van der Waals surface area contributed by atoms with E-state index in [2.05, 4.69) is 5.32 Å². The standard InChI is InChI=1S/C12H19N3O2/c1-9(2)11(12(13)17)14-6-8-15-7-4-3-5-10(15)16/h3-5,7,9,11,14H,6,8H2,1-2H3,(H2,13,17). The summed E-state index contributed by atoms with van der Waals surface area (Å²) < 4.78 is 1.59. The van der Waals surface area contributed by atoms with E-state index in [4.69, 9.17) is 5.73 Å². The number of carbonyl (C=O) groups is 1. The highest BCUT2D eigenvalue weighted by Crippen LogP contribution is 1.99. The average Bonchev–Trinajstić information content (AvgIpc) is 2.25. The number of nitrogens with two attached hydrogens (primary N) is 1. The first-order valence-corrected chi connectivity index (χ1v) is 5.70. The van der Waals surface area contributed by atoms with Gasteiger partial charge in [-0.1, -0.05) is 19.9 Å². The summed E-state index contributed by atoms with van der Waals surface area (Å²) in [6.07, 6.45) is 1.72. The summed E-state index contributed by atoms with van der Waals surface area (Å²) in [5, 5.41) is 3.06. The summed E-state index contributed by atoms with van der Waals surface area (Å²) in [7, 11) is 0. The third-order valence-electron chi connectivity index (χ3n) is 2.59. The third kappa shape index (κ3) is 4.03. The van der Waals surface area contributed by atoms with Crippen LogP contribution in [0.15, 0.2) is 29.2 Å². The minimum absolute atomic E-state index is 0.0468. The fourth-order valence-electron chi connectivity index (χ4n) is 1.65. The maximum Gasteiger partial charge on any atom is 0.250 e. The lowest BCUT2D eigenvalue weighted by atomic mass is 10.0. The number of carbonyl (C=O) groups excluding carboxylic acids is 1. The zero-order chi connectivity index (χ0) is 12.8. The molecule has 0 aliphatic carbocycles. The molecule has 1 heterocycles. The smallest absolute Gasteiger partial charge is 0.250 e. The van der Waals surface area contributed by atoms with E-state index in [-0.39, 0.29) is 23.4 Å². The first-order chi connectivity index (χ1) is 8.02. The highest BCUT2D eigenvalue weighted by Gasteiger charge is 2.17. The predicted molar refractivity (Wildman–Crippen MR) is 66.5 cm³/mol. The number of amides is 1. The van der Waals surface area contributed by atoms with Crippen molar-refractivity contribution in [2.24, 2.45) is 11.7 Å². The Balaban J connectivity index is 2.50. The van der Waals surface area contributed by atoms with Crippen LogP contribution in [-0.2, 0) is 11.3 Å². The molecule has 0 radical (unpaired) electrons. The van der Waals surface area contributed by atoms with E-state index in [9.17, 15) is 9.59 Å². The molecule has 1 amide bonds. The molecule has 3 N–H and O–H groups in total. The van der Waals surface area contributed by atoms with Crippen molar-refractivity contribution in [3.05, 3.63) is 34.7 Å². The molecule has 0 bridgehead atoms. The van der Waals surface area contributed by atoms with E-state index in [0.717, 1.165) is 0 Å². The Hall–Kier alpha value is -1.62. The molecule has 0 aromatic carbocycles. The van der Waals surface area contributed by atoms with Gasteiger partial charge >= 0.3 is 0 Å². The largest absolute Gasteiger partial charge is 0.368 e. The molecule has 1 aromatic rings. The molecule has 17 heavy (non-hydrogen) atoms. The van der Waals surface area contributed by atoms with Crippen molar-refractivity contribution in [1.82, 2.24) is 9.88 Å². The molecule has 1 rings (SSSR count). The Bertz CT molecular complexity index is 426. The van der Waals surface area contributed by atoms with Gasteiger partial charge in [0.2, 0.25) is 5.91 Å². The molecule has 5 heteroatoms. The molecule has 1 unspecified atom stereocenters. The normalized spacial score (nSPS) is 12.6. The maximum absolute atomic E-state index is 11.4. The number of aromatic nitrogens is 1. The number of nitrogens with one attached hydrogen (secondary N) is 1. The summed E-state index contributed by atoms with van der Waals surface area (Å²) in [5.41, 5.74) is 5.23. The summed E-state index contributed by atoms with van der Waals surface area (Å²) in [6, 6.07) is 4.66. The van der Waals surface area contributed by atoms with Crippen molar-refractivity contribution in [2.75, 3.05) is 6.54 Å². The lowest BCUT2D eigenvalue weighted by Crippen LogP contribution is -2.46. The number of hydrogen-bond donors (Lipinski definition) is 2. The number of primary amides is 1. The fourth-order valence-corrected chi connectivity index (χ4v) is 1.65. The van der Waals surface area contributed by atoms with E-state index in [1.807, 2.05) is 13.8 Å². The average molecular weight is 237 g/mol. The van der Waals surface area contributed by atoms with Crippen molar-refractivity contribution in [3.8, 4) is 0 Å². The number of nitrogens with zero attached hydrogens (tertiary/aromatic N) is 1. The SMILES string of the molecule is CC(C)C(NCCn1ccccc1=O)C(N)=O. The number of hydrogen-bond acceptors (Lipinski definition) is 3. The number of pyridine rings is 1. The molecule has 0 spiro atoms. The van der Waals surface area contributed by atoms with Gasteiger partial charge in [0.1, 0.15) is 0 Å². The van der Waals surface area contributed by atoms with Gasteiger partial charge in [0.05, 0.1) is 6.04 Å². The summed E-state index contributed by atoms with van der Waals surface area (Å²) in [4.78, 5) is 22.5. The zero-order valence-electron chi connectivity index (χ0n) is 10.2. The van der Waals surface area contributed by atoms with Crippen LogP contribution in [0.5, 0.6) is 0 Å². The van der Waals surface area contributed by atoms with E-state index >= 15 is 0 Å². The van der Waals surface area contributed by atoms with Crippen molar-refractivity contribution < 1.29 is 4.79 Å². The molecule has 94 valence electrons. The molecule has 0 saturated heterocycles. The Morgan fingerprint density at radius 1 is 1.47 bits per heavy atom. The van der Waals surface area contributed by atoms with Crippen LogP contribution in [0.2, 0.25) is 0 Å².